The van der Waals surface area contributed by atoms with E-state index in [2.05, 4.69) is 15.9 Å². The van der Waals surface area contributed by atoms with E-state index >= 15 is 0 Å². The maximum Gasteiger partial charge on any atom is 0.265 e. The van der Waals surface area contributed by atoms with Crippen LogP contribution in [0, 0.1) is 0 Å². The van der Waals surface area contributed by atoms with Gasteiger partial charge in [-0.25, -0.2) is 0 Å². The van der Waals surface area contributed by atoms with Crippen molar-refractivity contribution in [3.8, 4) is 5.75 Å². The van der Waals surface area contributed by atoms with Crippen molar-refractivity contribution >= 4 is 39.1 Å². The molecular formula is C19H21BrN2O3S. The fourth-order valence-electron chi connectivity index (χ4n) is 2.95. The Morgan fingerprint density at radius 3 is 2.31 bits per heavy atom. The topological polar surface area (TPSA) is 49.9 Å². The van der Waals surface area contributed by atoms with Gasteiger partial charge in [0.05, 0.1) is 7.11 Å². The molecule has 2 amide bonds. The van der Waals surface area contributed by atoms with E-state index in [1.807, 2.05) is 45.5 Å². The lowest BCUT2D eigenvalue weighted by Gasteiger charge is -2.34. The molecule has 0 atom stereocenters. The van der Waals surface area contributed by atoms with Gasteiger partial charge in [-0.3, -0.25) is 9.59 Å². The maximum absolute atomic E-state index is 12.5. The van der Waals surface area contributed by atoms with Crippen LogP contribution >= 0.6 is 27.3 Å². The highest BCUT2D eigenvalue weighted by Crippen LogP contribution is 2.24. The summed E-state index contributed by atoms with van der Waals surface area (Å²) in [6.45, 7) is 2.35. The number of benzene rings is 1. The highest BCUT2D eigenvalue weighted by molar-refractivity contribution is 9.10. The molecule has 0 spiro atoms. The van der Waals surface area contributed by atoms with E-state index < -0.39 is 0 Å². The molecule has 26 heavy (non-hydrogen) atoms. The number of hydrogen-bond acceptors (Lipinski definition) is 4. The van der Waals surface area contributed by atoms with E-state index in [4.69, 9.17) is 4.74 Å². The van der Waals surface area contributed by atoms with Gasteiger partial charge >= 0.3 is 0 Å². The summed E-state index contributed by atoms with van der Waals surface area (Å²) in [6, 6.07) is 9.68. The summed E-state index contributed by atoms with van der Waals surface area (Å²) in [5.74, 6) is 1.00. The minimum atomic E-state index is 0.0391. The lowest BCUT2D eigenvalue weighted by Crippen LogP contribution is -2.50. The fourth-order valence-corrected chi connectivity index (χ4v) is 4.46. The Bertz CT molecular complexity index is 767. The van der Waals surface area contributed by atoms with Gasteiger partial charge in [0, 0.05) is 37.1 Å². The zero-order valence-corrected chi connectivity index (χ0v) is 17.0. The van der Waals surface area contributed by atoms with Crippen molar-refractivity contribution < 1.29 is 14.3 Å². The number of methoxy groups -OCH3 is 1. The van der Waals surface area contributed by atoms with Crippen LogP contribution in [0.2, 0.25) is 0 Å². The van der Waals surface area contributed by atoms with E-state index in [1.54, 1.807) is 7.11 Å². The second-order valence-electron chi connectivity index (χ2n) is 6.12. The first-order valence-corrected chi connectivity index (χ1v) is 10.2. The van der Waals surface area contributed by atoms with Gasteiger partial charge in [-0.15, -0.1) is 11.3 Å². The number of rotatable bonds is 5. The smallest absolute Gasteiger partial charge is 0.265 e. The van der Waals surface area contributed by atoms with Gasteiger partial charge < -0.3 is 14.5 Å². The quantitative estimate of drug-likeness (QED) is 0.720. The number of piperazine rings is 1. The van der Waals surface area contributed by atoms with Crippen molar-refractivity contribution in [3.05, 3.63) is 50.6 Å². The summed E-state index contributed by atoms with van der Waals surface area (Å²) in [4.78, 5) is 29.4. The second-order valence-corrected chi connectivity index (χ2v) is 7.89. The number of hydrogen-bond donors (Lipinski definition) is 0. The molecule has 1 saturated heterocycles. The van der Waals surface area contributed by atoms with Gasteiger partial charge in [0.15, 0.2) is 0 Å². The number of nitrogens with zero attached hydrogens (tertiary/aromatic N) is 2. The predicted molar refractivity (Wildman–Crippen MR) is 106 cm³/mol. The molecule has 2 heterocycles. The first-order chi connectivity index (χ1) is 12.6. The van der Waals surface area contributed by atoms with E-state index in [9.17, 15) is 9.59 Å². The summed E-state index contributed by atoms with van der Waals surface area (Å²) in [6.07, 6.45) is 1.20. The summed E-state index contributed by atoms with van der Waals surface area (Å²) in [5, 5.41) is 1.90. The fraction of sp³-hybridized carbons (Fsp3) is 0.368. The minimum Gasteiger partial charge on any atom is -0.497 e. The van der Waals surface area contributed by atoms with Crippen molar-refractivity contribution in [1.29, 1.82) is 0 Å². The predicted octanol–water partition coefficient (Wildman–Crippen LogP) is 3.44. The number of carbonyl (C=O) groups excluding carboxylic acids is 2. The van der Waals surface area contributed by atoms with E-state index in [0.29, 0.717) is 39.0 Å². The molecule has 1 aromatic carbocycles. The third-order valence-corrected chi connectivity index (χ3v) is 6.34. The van der Waals surface area contributed by atoms with E-state index in [1.165, 1.54) is 11.3 Å². The Balaban J connectivity index is 1.47. The highest BCUT2D eigenvalue weighted by atomic mass is 79.9. The molecule has 2 aromatic rings. The van der Waals surface area contributed by atoms with Crippen LogP contribution in [0.1, 0.15) is 21.7 Å². The van der Waals surface area contributed by atoms with Crippen molar-refractivity contribution in [2.45, 2.75) is 12.8 Å². The monoisotopic (exact) mass is 436 g/mol. The first kappa shape index (κ1) is 18.9. The molecule has 7 heteroatoms. The summed E-state index contributed by atoms with van der Waals surface area (Å²) < 4.78 is 5.98. The van der Waals surface area contributed by atoms with E-state index in [-0.39, 0.29) is 11.8 Å². The van der Waals surface area contributed by atoms with Crippen LogP contribution in [0.15, 0.2) is 40.2 Å². The molecule has 1 aliphatic rings. The number of amides is 2. The Morgan fingerprint density at radius 1 is 1.08 bits per heavy atom. The molecule has 3 rings (SSSR count). The van der Waals surface area contributed by atoms with Crippen LogP contribution in [-0.2, 0) is 11.2 Å². The van der Waals surface area contributed by atoms with Gasteiger partial charge in [-0.05, 0) is 51.5 Å². The average Bonchev–Trinajstić information content (AvgIpc) is 3.12. The summed E-state index contributed by atoms with van der Waals surface area (Å²) in [7, 11) is 1.64. The van der Waals surface area contributed by atoms with Crippen LogP contribution in [0.25, 0.3) is 0 Å². The molecule has 1 aromatic heterocycles. The molecule has 138 valence electrons. The minimum absolute atomic E-state index is 0.0391. The van der Waals surface area contributed by atoms with Crippen molar-refractivity contribution in [3.63, 3.8) is 0 Å². The third-order valence-electron chi connectivity index (χ3n) is 4.52. The normalized spacial score (nSPS) is 14.4. The van der Waals surface area contributed by atoms with Gasteiger partial charge in [-0.1, -0.05) is 12.1 Å². The zero-order chi connectivity index (χ0) is 18.5. The first-order valence-electron chi connectivity index (χ1n) is 8.51. The van der Waals surface area contributed by atoms with Gasteiger partial charge in [-0.2, -0.15) is 0 Å². The molecule has 0 N–H and O–H groups in total. The molecule has 5 nitrogen and oxygen atoms in total. The van der Waals surface area contributed by atoms with Gasteiger partial charge in [0.2, 0.25) is 5.91 Å². The molecule has 0 saturated carbocycles. The summed E-state index contributed by atoms with van der Waals surface area (Å²) in [5.41, 5.74) is 1.12. The second kappa shape index (κ2) is 8.68. The Hall–Kier alpha value is -1.86. The number of ether oxygens (including phenoxy) is 1. The van der Waals surface area contributed by atoms with Crippen molar-refractivity contribution in [2.75, 3.05) is 33.3 Å². The van der Waals surface area contributed by atoms with Crippen LogP contribution in [0.5, 0.6) is 5.75 Å². The molecule has 0 unspecified atom stereocenters. The van der Waals surface area contributed by atoms with Crippen molar-refractivity contribution in [2.24, 2.45) is 0 Å². The number of halogens is 1. The number of carbonyl (C=O) groups is 2. The van der Waals surface area contributed by atoms with Gasteiger partial charge in [0.25, 0.3) is 5.91 Å². The van der Waals surface area contributed by atoms with E-state index in [0.717, 1.165) is 20.7 Å². The molecule has 0 aliphatic carbocycles. The third kappa shape index (κ3) is 4.45. The molecular weight excluding hydrogens is 416 g/mol. The average molecular weight is 437 g/mol. The number of aryl methyl sites for hydroxylation is 1. The zero-order valence-electron chi connectivity index (χ0n) is 14.6. The Labute approximate surface area is 165 Å². The molecule has 0 radical (unpaired) electrons. The van der Waals surface area contributed by atoms with Crippen molar-refractivity contribution in [1.82, 2.24) is 9.80 Å². The number of thiophene rings is 1. The molecule has 1 fully saturated rings. The Morgan fingerprint density at radius 2 is 1.73 bits per heavy atom. The lowest BCUT2D eigenvalue weighted by molar-refractivity contribution is -0.132. The highest BCUT2D eigenvalue weighted by Gasteiger charge is 2.26. The van der Waals surface area contributed by atoms with Crippen LogP contribution < -0.4 is 4.74 Å². The summed E-state index contributed by atoms with van der Waals surface area (Å²) >= 11 is 4.85. The maximum atomic E-state index is 12.5. The standard InChI is InChI=1S/C19H21BrN2O3S/c1-25-15-5-2-14(3-6-15)4-7-17(23)21-9-11-22(12-10-21)19(24)18-16(20)8-13-26-18/h2-3,5-6,8,13H,4,7,9-12H2,1H3. The van der Waals surface area contributed by atoms with Crippen LogP contribution in [-0.4, -0.2) is 54.9 Å². The largest absolute Gasteiger partial charge is 0.497 e. The van der Waals surface area contributed by atoms with Crippen LogP contribution in [0.3, 0.4) is 0 Å². The molecule has 1 aliphatic heterocycles. The molecule has 0 bridgehead atoms. The van der Waals surface area contributed by atoms with Crippen LogP contribution in [0.4, 0.5) is 0 Å². The lowest BCUT2D eigenvalue weighted by atomic mass is 10.1. The SMILES string of the molecule is COc1ccc(CCC(=O)N2CCN(C(=O)c3sccc3Br)CC2)cc1. The Kier molecular flexibility index (Phi) is 6.32. The van der Waals surface area contributed by atoms with Gasteiger partial charge in [0.1, 0.15) is 10.6 Å².